The van der Waals surface area contributed by atoms with Crippen molar-refractivity contribution < 1.29 is 9.13 Å². The fourth-order valence-corrected chi connectivity index (χ4v) is 2.03. The molecule has 0 spiro atoms. The van der Waals surface area contributed by atoms with Gasteiger partial charge in [-0.1, -0.05) is 11.6 Å². The van der Waals surface area contributed by atoms with E-state index in [2.05, 4.69) is 5.32 Å². The largest absolute Gasteiger partial charge is 0.495 e. The molecule has 0 saturated heterocycles. The van der Waals surface area contributed by atoms with Crippen LogP contribution in [-0.2, 0) is 0 Å². The zero-order valence-electron chi connectivity index (χ0n) is 11.6. The Bertz CT molecular complexity index is 659. The summed E-state index contributed by atoms with van der Waals surface area (Å²) >= 11 is 6.06. The second-order valence-electron chi connectivity index (χ2n) is 4.62. The lowest BCUT2D eigenvalue weighted by Gasteiger charge is -2.15. The Labute approximate surface area is 122 Å². The third-order valence-corrected chi connectivity index (χ3v) is 3.49. The van der Waals surface area contributed by atoms with Gasteiger partial charge in [-0.3, -0.25) is 0 Å². The van der Waals surface area contributed by atoms with Gasteiger partial charge in [-0.05, 0) is 43.2 Å². The highest BCUT2D eigenvalue weighted by molar-refractivity contribution is 6.31. The third-order valence-electron chi connectivity index (χ3n) is 3.08. The molecule has 0 saturated carbocycles. The second-order valence-corrected chi connectivity index (χ2v) is 5.02. The van der Waals surface area contributed by atoms with Gasteiger partial charge < -0.3 is 15.8 Å². The summed E-state index contributed by atoms with van der Waals surface area (Å²) in [4.78, 5) is 0. The molecule has 0 radical (unpaired) electrons. The predicted octanol–water partition coefficient (Wildman–Crippen LogP) is 4.43. The zero-order valence-corrected chi connectivity index (χ0v) is 12.3. The number of hydrogen-bond donors (Lipinski definition) is 2. The second kappa shape index (κ2) is 5.59. The number of halogens is 2. The smallest absolute Gasteiger partial charge is 0.143 e. The van der Waals surface area contributed by atoms with Crippen LogP contribution in [0.1, 0.15) is 11.1 Å². The van der Waals surface area contributed by atoms with Crippen molar-refractivity contribution in [3.05, 3.63) is 46.2 Å². The summed E-state index contributed by atoms with van der Waals surface area (Å²) in [7, 11) is 1.56. The van der Waals surface area contributed by atoms with Crippen LogP contribution in [0.2, 0.25) is 5.02 Å². The maximum atomic E-state index is 13.4. The number of rotatable bonds is 3. The van der Waals surface area contributed by atoms with Crippen LogP contribution >= 0.6 is 11.6 Å². The minimum atomic E-state index is -0.327. The molecule has 2 rings (SSSR count). The minimum Gasteiger partial charge on any atom is -0.495 e. The van der Waals surface area contributed by atoms with E-state index < -0.39 is 0 Å². The molecule has 2 aromatic carbocycles. The number of ether oxygens (including phenoxy) is 1. The van der Waals surface area contributed by atoms with Crippen molar-refractivity contribution in [2.45, 2.75) is 13.8 Å². The maximum Gasteiger partial charge on any atom is 0.143 e. The van der Waals surface area contributed by atoms with Crippen molar-refractivity contribution in [3.63, 3.8) is 0 Å². The first kappa shape index (κ1) is 14.5. The zero-order chi connectivity index (χ0) is 14.9. The van der Waals surface area contributed by atoms with Gasteiger partial charge in [0, 0.05) is 11.1 Å². The molecule has 0 atom stereocenters. The standard InChI is InChI=1S/C15H16ClFN2O/c1-8-4-14(15(20-3)6-10(8)16)19-13-5-9(2)11(17)7-12(13)18/h4-7,19H,18H2,1-3H3. The van der Waals surface area contributed by atoms with E-state index >= 15 is 0 Å². The summed E-state index contributed by atoms with van der Waals surface area (Å²) in [5, 5.41) is 3.77. The Morgan fingerprint density at radius 3 is 2.40 bits per heavy atom. The van der Waals surface area contributed by atoms with Gasteiger partial charge in [0.1, 0.15) is 11.6 Å². The maximum absolute atomic E-state index is 13.4. The van der Waals surface area contributed by atoms with Gasteiger partial charge in [-0.2, -0.15) is 0 Å². The number of nitrogens with one attached hydrogen (secondary N) is 1. The Kier molecular flexibility index (Phi) is 4.04. The quantitative estimate of drug-likeness (QED) is 0.823. The van der Waals surface area contributed by atoms with Crippen LogP contribution in [0.25, 0.3) is 0 Å². The van der Waals surface area contributed by atoms with Gasteiger partial charge in [-0.15, -0.1) is 0 Å². The first-order chi connectivity index (χ1) is 9.42. The van der Waals surface area contributed by atoms with Gasteiger partial charge in [-0.25, -0.2) is 4.39 Å². The van der Waals surface area contributed by atoms with Gasteiger partial charge >= 0.3 is 0 Å². The van der Waals surface area contributed by atoms with Crippen molar-refractivity contribution >= 4 is 28.7 Å². The lowest BCUT2D eigenvalue weighted by atomic mass is 10.1. The van der Waals surface area contributed by atoms with E-state index in [0.29, 0.717) is 27.7 Å². The molecular weight excluding hydrogens is 279 g/mol. The van der Waals surface area contributed by atoms with Crippen LogP contribution in [0, 0.1) is 19.7 Å². The molecule has 20 heavy (non-hydrogen) atoms. The lowest BCUT2D eigenvalue weighted by molar-refractivity contribution is 0.417. The van der Waals surface area contributed by atoms with E-state index in [-0.39, 0.29) is 5.82 Å². The van der Waals surface area contributed by atoms with Gasteiger partial charge in [0.2, 0.25) is 0 Å². The lowest BCUT2D eigenvalue weighted by Crippen LogP contribution is -2.01. The molecule has 0 unspecified atom stereocenters. The monoisotopic (exact) mass is 294 g/mol. The normalized spacial score (nSPS) is 10.4. The minimum absolute atomic E-state index is 0.327. The van der Waals surface area contributed by atoms with Crippen LogP contribution in [0.4, 0.5) is 21.5 Å². The van der Waals surface area contributed by atoms with E-state index in [1.54, 1.807) is 26.2 Å². The summed E-state index contributed by atoms with van der Waals surface area (Å²) < 4.78 is 18.7. The van der Waals surface area contributed by atoms with Gasteiger partial charge in [0.05, 0.1) is 24.2 Å². The molecule has 0 fully saturated rings. The first-order valence-corrected chi connectivity index (χ1v) is 6.47. The first-order valence-electron chi connectivity index (χ1n) is 6.09. The van der Waals surface area contributed by atoms with Crippen LogP contribution in [0.5, 0.6) is 5.75 Å². The number of hydrogen-bond acceptors (Lipinski definition) is 3. The highest BCUT2D eigenvalue weighted by Crippen LogP contribution is 2.35. The number of methoxy groups -OCH3 is 1. The molecule has 0 aliphatic rings. The van der Waals surface area contributed by atoms with Crippen LogP contribution in [0.15, 0.2) is 24.3 Å². The van der Waals surface area contributed by atoms with Crippen molar-refractivity contribution in [3.8, 4) is 5.75 Å². The summed E-state index contributed by atoms with van der Waals surface area (Å²) in [6, 6.07) is 6.55. The molecule has 0 aliphatic carbocycles. The predicted molar refractivity (Wildman–Crippen MR) is 81.6 cm³/mol. The van der Waals surface area contributed by atoms with Crippen LogP contribution < -0.4 is 15.8 Å². The molecule has 0 aliphatic heterocycles. The number of anilines is 3. The van der Waals surface area contributed by atoms with Gasteiger partial charge in [0.25, 0.3) is 0 Å². The average molecular weight is 295 g/mol. The number of benzene rings is 2. The molecule has 0 heterocycles. The van der Waals surface area contributed by atoms with E-state index in [1.807, 2.05) is 13.0 Å². The third kappa shape index (κ3) is 2.80. The highest BCUT2D eigenvalue weighted by Gasteiger charge is 2.10. The Morgan fingerprint density at radius 2 is 1.75 bits per heavy atom. The van der Waals surface area contributed by atoms with Crippen LogP contribution in [-0.4, -0.2) is 7.11 Å². The summed E-state index contributed by atoms with van der Waals surface area (Å²) in [6.45, 7) is 3.58. The fourth-order valence-electron chi connectivity index (χ4n) is 1.88. The topological polar surface area (TPSA) is 47.3 Å². The molecule has 5 heteroatoms. The summed E-state index contributed by atoms with van der Waals surface area (Å²) in [5.41, 5.74) is 8.95. The van der Waals surface area contributed by atoms with Crippen molar-refractivity contribution in [1.82, 2.24) is 0 Å². The molecule has 0 bridgehead atoms. The summed E-state index contributed by atoms with van der Waals surface area (Å²) in [5.74, 6) is 0.272. The molecule has 2 aromatic rings. The van der Waals surface area contributed by atoms with Crippen molar-refractivity contribution in [1.29, 1.82) is 0 Å². The molecule has 3 nitrogen and oxygen atoms in total. The highest BCUT2D eigenvalue weighted by atomic mass is 35.5. The number of nitrogen functional groups attached to an aromatic ring is 1. The number of nitrogens with two attached hydrogens (primary N) is 1. The molecule has 0 aromatic heterocycles. The summed E-state index contributed by atoms with van der Waals surface area (Å²) in [6.07, 6.45) is 0. The van der Waals surface area contributed by atoms with E-state index in [0.717, 1.165) is 11.3 Å². The Morgan fingerprint density at radius 1 is 1.10 bits per heavy atom. The Hall–Kier alpha value is -1.94. The van der Waals surface area contributed by atoms with Crippen molar-refractivity contribution in [2.24, 2.45) is 0 Å². The average Bonchev–Trinajstić information content (AvgIpc) is 2.39. The van der Waals surface area contributed by atoms with Crippen molar-refractivity contribution in [2.75, 3.05) is 18.2 Å². The van der Waals surface area contributed by atoms with E-state index in [1.165, 1.54) is 6.07 Å². The SMILES string of the molecule is COc1cc(Cl)c(C)cc1Nc1cc(C)c(F)cc1N. The number of aryl methyl sites for hydroxylation is 2. The van der Waals surface area contributed by atoms with Crippen LogP contribution in [0.3, 0.4) is 0 Å². The molecule has 3 N–H and O–H groups in total. The molecular formula is C15H16ClFN2O. The van der Waals surface area contributed by atoms with E-state index in [9.17, 15) is 4.39 Å². The van der Waals surface area contributed by atoms with Gasteiger partial charge in [0.15, 0.2) is 0 Å². The molecule has 106 valence electrons. The fraction of sp³-hybridized carbons (Fsp3) is 0.200. The van der Waals surface area contributed by atoms with E-state index in [4.69, 9.17) is 22.1 Å². The Balaban J connectivity index is 2.44. The molecule has 0 amide bonds.